The first kappa shape index (κ1) is 17.5. The summed E-state index contributed by atoms with van der Waals surface area (Å²) in [7, 11) is -2.20. The molecule has 0 atom stereocenters. The molecule has 140 valence electrons. The van der Waals surface area contributed by atoms with Gasteiger partial charge in [-0.15, -0.1) is 0 Å². The summed E-state index contributed by atoms with van der Waals surface area (Å²) in [6.07, 6.45) is 6.32. The van der Waals surface area contributed by atoms with Crippen LogP contribution in [0.3, 0.4) is 0 Å². The van der Waals surface area contributed by atoms with Crippen LogP contribution < -0.4 is 0 Å². The van der Waals surface area contributed by atoms with Crippen molar-refractivity contribution in [1.82, 2.24) is 14.2 Å². The Morgan fingerprint density at radius 2 is 1.88 bits per heavy atom. The summed E-state index contributed by atoms with van der Waals surface area (Å²) in [6.45, 7) is 1.36. The van der Waals surface area contributed by atoms with Crippen molar-refractivity contribution in [2.75, 3.05) is 26.7 Å². The Bertz CT molecular complexity index is 942. The van der Waals surface area contributed by atoms with Crippen LogP contribution in [-0.4, -0.2) is 55.2 Å². The first-order chi connectivity index (χ1) is 12.5. The molecule has 0 saturated carbocycles. The molecule has 1 aromatic heterocycles. The standard InChI is InChI=1S/C19H25N3O3S/c1-21(13-19(23)22-10-4-5-11-22)26(24,25)14-8-9-18-16(12-14)15-6-2-3-7-17(15)20-18/h8-9,12,20H,2-7,10-11,13H2,1H3. The van der Waals surface area contributed by atoms with Gasteiger partial charge < -0.3 is 9.88 Å². The zero-order valence-electron chi connectivity index (χ0n) is 15.1. The summed E-state index contributed by atoms with van der Waals surface area (Å²) in [4.78, 5) is 17.7. The van der Waals surface area contributed by atoms with E-state index in [4.69, 9.17) is 0 Å². The molecule has 1 amide bonds. The minimum Gasteiger partial charge on any atom is -0.358 e. The third-order valence-electron chi connectivity index (χ3n) is 5.59. The van der Waals surface area contributed by atoms with Crippen molar-refractivity contribution in [2.45, 2.75) is 43.4 Å². The molecule has 1 saturated heterocycles. The third kappa shape index (κ3) is 3.03. The number of amides is 1. The number of hydrogen-bond donors (Lipinski definition) is 1. The van der Waals surface area contributed by atoms with E-state index in [0.717, 1.165) is 56.1 Å². The highest BCUT2D eigenvalue weighted by molar-refractivity contribution is 7.89. The van der Waals surface area contributed by atoms with Crippen LogP contribution >= 0.6 is 0 Å². The van der Waals surface area contributed by atoms with Crippen LogP contribution in [0.4, 0.5) is 0 Å². The monoisotopic (exact) mass is 375 g/mol. The number of H-pyrrole nitrogens is 1. The Kier molecular flexibility index (Phi) is 4.52. The average Bonchev–Trinajstić information content (AvgIpc) is 3.28. The summed E-state index contributed by atoms with van der Waals surface area (Å²) in [6, 6.07) is 5.25. The number of aromatic nitrogens is 1. The van der Waals surface area contributed by atoms with Gasteiger partial charge >= 0.3 is 0 Å². The maximum Gasteiger partial charge on any atom is 0.243 e. The van der Waals surface area contributed by atoms with Crippen LogP contribution in [0.2, 0.25) is 0 Å². The number of carbonyl (C=O) groups is 1. The molecule has 0 radical (unpaired) electrons. The number of fused-ring (bicyclic) bond motifs is 3. The molecule has 7 heteroatoms. The normalized spacial score (nSPS) is 17.8. The smallest absolute Gasteiger partial charge is 0.243 e. The fraction of sp³-hybridized carbons (Fsp3) is 0.526. The number of sulfonamides is 1. The van der Waals surface area contributed by atoms with Crippen molar-refractivity contribution in [1.29, 1.82) is 0 Å². The average molecular weight is 375 g/mol. The van der Waals surface area contributed by atoms with E-state index in [-0.39, 0.29) is 17.3 Å². The number of aryl methyl sites for hydroxylation is 2. The largest absolute Gasteiger partial charge is 0.358 e. The zero-order valence-corrected chi connectivity index (χ0v) is 15.9. The summed E-state index contributed by atoms with van der Waals surface area (Å²) < 4.78 is 27.1. The SMILES string of the molecule is CN(CC(=O)N1CCCC1)S(=O)(=O)c1ccc2[nH]c3c(c2c1)CCCC3. The van der Waals surface area contributed by atoms with Gasteiger partial charge in [0.05, 0.1) is 11.4 Å². The number of likely N-dealkylation sites (tertiary alicyclic amines) is 1. The second-order valence-electron chi connectivity index (χ2n) is 7.35. The molecule has 1 aromatic carbocycles. The third-order valence-corrected chi connectivity index (χ3v) is 7.39. The lowest BCUT2D eigenvalue weighted by Gasteiger charge is -2.21. The van der Waals surface area contributed by atoms with Crippen LogP contribution in [-0.2, 0) is 27.7 Å². The number of aromatic amines is 1. The summed E-state index contributed by atoms with van der Waals surface area (Å²) in [5.41, 5.74) is 3.48. The first-order valence-electron chi connectivity index (χ1n) is 9.34. The molecule has 2 aliphatic rings. The Hall–Kier alpha value is -1.86. The highest BCUT2D eigenvalue weighted by atomic mass is 32.2. The molecule has 0 bridgehead atoms. The second-order valence-corrected chi connectivity index (χ2v) is 9.39. The molecule has 2 heterocycles. The topological polar surface area (TPSA) is 73.5 Å². The zero-order chi connectivity index (χ0) is 18.3. The van der Waals surface area contributed by atoms with Gasteiger partial charge in [-0.2, -0.15) is 4.31 Å². The second kappa shape index (κ2) is 6.70. The molecule has 4 rings (SSSR count). The predicted molar refractivity (Wildman–Crippen MR) is 101 cm³/mol. The van der Waals surface area contributed by atoms with E-state index < -0.39 is 10.0 Å². The fourth-order valence-electron chi connectivity index (χ4n) is 4.07. The highest BCUT2D eigenvalue weighted by Gasteiger charge is 2.27. The number of benzene rings is 1. The van der Waals surface area contributed by atoms with Crippen molar-refractivity contribution >= 4 is 26.8 Å². The van der Waals surface area contributed by atoms with Gasteiger partial charge in [0.25, 0.3) is 0 Å². The van der Waals surface area contributed by atoms with Crippen molar-refractivity contribution < 1.29 is 13.2 Å². The Labute approximate surface area is 154 Å². The van der Waals surface area contributed by atoms with Gasteiger partial charge in [-0.25, -0.2) is 8.42 Å². The number of hydrogen-bond acceptors (Lipinski definition) is 3. The van der Waals surface area contributed by atoms with E-state index in [1.165, 1.54) is 29.0 Å². The molecule has 6 nitrogen and oxygen atoms in total. The lowest BCUT2D eigenvalue weighted by atomic mass is 9.96. The highest BCUT2D eigenvalue weighted by Crippen LogP contribution is 2.31. The van der Waals surface area contributed by atoms with E-state index in [9.17, 15) is 13.2 Å². The van der Waals surface area contributed by atoms with Crippen LogP contribution in [0.15, 0.2) is 23.1 Å². The lowest BCUT2D eigenvalue weighted by molar-refractivity contribution is -0.130. The van der Waals surface area contributed by atoms with Gasteiger partial charge in [0, 0.05) is 36.7 Å². The molecule has 1 fully saturated rings. The maximum atomic E-state index is 13.0. The molecule has 0 spiro atoms. The van der Waals surface area contributed by atoms with E-state index in [1.807, 2.05) is 6.07 Å². The number of carbonyl (C=O) groups excluding carboxylic acids is 1. The van der Waals surface area contributed by atoms with Crippen LogP contribution in [0, 0.1) is 0 Å². The summed E-state index contributed by atoms with van der Waals surface area (Å²) >= 11 is 0. The molecule has 2 aromatic rings. The number of nitrogens with one attached hydrogen (secondary N) is 1. The van der Waals surface area contributed by atoms with E-state index in [1.54, 1.807) is 17.0 Å². The van der Waals surface area contributed by atoms with Gasteiger partial charge in [0.15, 0.2) is 0 Å². The number of likely N-dealkylation sites (N-methyl/N-ethyl adjacent to an activating group) is 1. The van der Waals surface area contributed by atoms with E-state index >= 15 is 0 Å². The van der Waals surface area contributed by atoms with Gasteiger partial charge in [-0.1, -0.05) is 0 Å². The van der Waals surface area contributed by atoms with Gasteiger partial charge in [0.2, 0.25) is 15.9 Å². The molecule has 26 heavy (non-hydrogen) atoms. The van der Waals surface area contributed by atoms with Gasteiger partial charge in [-0.3, -0.25) is 4.79 Å². The molecule has 1 aliphatic heterocycles. The van der Waals surface area contributed by atoms with Gasteiger partial charge in [-0.05, 0) is 62.3 Å². The fourth-order valence-corrected chi connectivity index (χ4v) is 5.21. The van der Waals surface area contributed by atoms with Gasteiger partial charge in [0.1, 0.15) is 0 Å². The lowest BCUT2D eigenvalue weighted by Crippen LogP contribution is -2.39. The van der Waals surface area contributed by atoms with Crippen LogP contribution in [0.5, 0.6) is 0 Å². The van der Waals surface area contributed by atoms with E-state index in [0.29, 0.717) is 0 Å². The van der Waals surface area contributed by atoms with Crippen molar-refractivity contribution in [3.05, 3.63) is 29.5 Å². The molecule has 1 aliphatic carbocycles. The van der Waals surface area contributed by atoms with E-state index in [2.05, 4.69) is 4.98 Å². The van der Waals surface area contributed by atoms with Crippen molar-refractivity contribution in [2.24, 2.45) is 0 Å². The van der Waals surface area contributed by atoms with Crippen molar-refractivity contribution in [3.63, 3.8) is 0 Å². The molecule has 0 unspecified atom stereocenters. The van der Waals surface area contributed by atoms with Crippen molar-refractivity contribution in [3.8, 4) is 0 Å². The quantitative estimate of drug-likeness (QED) is 0.891. The number of nitrogens with zero attached hydrogens (tertiary/aromatic N) is 2. The molecular weight excluding hydrogens is 350 g/mol. The Morgan fingerprint density at radius 3 is 2.65 bits per heavy atom. The molecule has 1 N–H and O–H groups in total. The predicted octanol–water partition coefficient (Wildman–Crippen LogP) is 2.29. The number of rotatable bonds is 4. The minimum absolute atomic E-state index is 0.106. The molecular formula is C19H25N3O3S. The Balaban J connectivity index is 1.61. The first-order valence-corrected chi connectivity index (χ1v) is 10.8. The summed E-state index contributed by atoms with van der Waals surface area (Å²) in [5.74, 6) is -0.117. The van der Waals surface area contributed by atoms with Crippen LogP contribution in [0.25, 0.3) is 10.9 Å². The van der Waals surface area contributed by atoms with Crippen LogP contribution in [0.1, 0.15) is 36.9 Å². The maximum absolute atomic E-state index is 13.0. The Morgan fingerprint density at radius 1 is 1.15 bits per heavy atom. The summed E-state index contributed by atoms with van der Waals surface area (Å²) in [5, 5.41) is 1.00. The minimum atomic E-state index is -3.69.